The minimum absolute atomic E-state index is 0.165. The van der Waals surface area contributed by atoms with Gasteiger partial charge in [0, 0.05) is 10.0 Å². The number of methoxy groups -OCH3 is 1. The Bertz CT molecular complexity index is 1160. The third-order valence-electron chi connectivity index (χ3n) is 4.77. The first-order valence-electron chi connectivity index (χ1n) is 10.1. The number of anilines is 1. The van der Waals surface area contributed by atoms with Gasteiger partial charge in [0.1, 0.15) is 18.1 Å². The van der Waals surface area contributed by atoms with Crippen LogP contribution in [0.15, 0.2) is 77.3 Å². The molecule has 0 aliphatic carbocycles. The molecule has 0 fully saturated rings. The van der Waals surface area contributed by atoms with Gasteiger partial charge in [0.15, 0.2) is 0 Å². The van der Waals surface area contributed by atoms with Crippen molar-refractivity contribution in [1.29, 1.82) is 0 Å². The lowest BCUT2D eigenvalue weighted by molar-refractivity contribution is 0.0947. The molecule has 0 radical (unpaired) electrons. The van der Waals surface area contributed by atoms with E-state index in [0.29, 0.717) is 30.2 Å². The zero-order chi connectivity index (χ0) is 23.8. The second kappa shape index (κ2) is 11.2. The van der Waals surface area contributed by atoms with Crippen LogP contribution in [0.4, 0.5) is 5.69 Å². The van der Waals surface area contributed by atoms with Gasteiger partial charge in [-0.15, -0.1) is 0 Å². The van der Waals surface area contributed by atoms with E-state index in [4.69, 9.17) is 9.47 Å². The standard InChI is InChI=1S/C24H25BrN2O5S/c1-31-22-11-13-23(14-12-22)32-16-15-26-24(28)19-5-3-18(4-6-19)17-27(33(2,29)30)21-9-7-20(25)8-10-21/h3-14H,15-17H2,1-2H3,(H,26,28). The third-order valence-corrected chi connectivity index (χ3v) is 6.44. The molecule has 9 heteroatoms. The molecule has 0 aromatic heterocycles. The summed E-state index contributed by atoms with van der Waals surface area (Å²) in [7, 11) is -1.88. The maximum atomic E-state index is 12.4. The predicted octanol–water partition coefficient (Wildman–Crippen LogP) is 4.23. The number of benzene rings is 3. The third kappa shape index (κ3) is 7.23. The molecule has 0 aliphatic heterocycles. The first kappa shape index (κ1) is 24.6. The van der Waals surface area contributed by atoms with Crippen molar-refractivity contribution in [3.63, 3.8) is 0 Å². The summed E-state index contributed by atoms with van der Waals surface area (Å²) < 4.78 is 37.5. The van der Waals surface area contributed by atoms with Crippen molar-refractivity contribution >= 4 is 37.5 Å². The van der Waals surface area contributed by atoms with Crippen molar-refractivity contribution in [1.82, 2.24) is 5.32 Å². The molecule has 0 saturated heterocycles. The van der Waals surface area contributed by atoms with Crippen molar-refractivity contribution in [3.8, 4) is 11.5 Å². The van der Waals surface area contributed by atoms with Gasteiger partial charge in [0.05, 0.1) is 32.1 Å². The SMILES string of the molecule is COc1ccc(OCCNC(=O)c2ccc(CN(c3ccc(Br)cc3)S(C)(=O)=O)cc2)cc1. The van der Waals surface area contributed by atoms with E-state index < -0.39 is 10.0 Å². The van der Waals surface area contributed by atoms with Crippen molar-refractivity contribution in [2.24, 2.45) is 0 Å². The summed E-state index contributed by atoms with van der Waals surface area (Å²) in [5.74, 6) is 1.21. The molecule has 0 unspecified atom stereocenters. The molecule has 3 aromatic rings. The van der Waals surface area contributed by atoms with Crippen LogP contribution in [0.2, 0.25) is 0 Å². The maximum absolute atomic E-state index is 12.4. The highest BCUT2D eigenvalue weighted by Gasteiger charge is 2.18. The van der Waals surface area contributed by atoms with E-state index in [0.717, 1.165) is 15.8 Å². The fourth-order valence-electron chi connectivity index (χ4n) is 3.04. The molecule has 174 valence electrons. The highest BCUT2D eigenvalue weighted by atomic mass is 79.9. The summed E-state index contributed by atoms with van der Waals surface area (Å²) in [6, 6.07) is 21.1. The van der Waals surface area contributed by atoms with Crippen LogP contribution in [0.25, 0.3) is 0 Å². The average molecular weight is 533 g/mol. The van der Waals surface area contributed by atoms with Crippen LogP contribution in [-0.4, -0.2) is 40.8 Å². The van der Waals surface area contributed by atoms with E-state index >= 15 is 0 Å². The Morgan fingerprint density at radius 3 is 2.12 bits per heavy atom. The van der Waals surface area contributed by atoms with Gasteiger partial charge < -0.3 is 14.8 Å². The van der Waals surface area contributed by atoms with Gasteiger partial charge in [-0.3, -0.25) is 9.10 Å². The van der Waals surface area contributed by atoms with Crippen LogP contribution in [0.5, 0.6) is 11.5 Å². The average Bonchev–Trinajstić information content (AvgIpc) is 2.81. The molecule has 0 saturated carbocycles. The van der Waals surface area contributed by atoms with Gasteiger partial charge in [-0.05, 0) is 66.2 Å². The molecule has 1 N–H and O–H groups in total. The Morgan fingerprint density at radius 1 is 0.939 bits per heavy atom. The number of nitrogens with zero attached hydrogens (tertiary/aromatic N) is 1. The minimum Gasteiger partial charge on any atom is -0.497 e. The molecule has 7 nitrogen and oxygen atoms in total. The summed E-state index contributed by atoms with van der Waals surface area (Å²) in [5.41, 5.74) is 1.82. The zero-order valence-corrected chi connectivity index (χ0v) is 20.7. The van der Waals surface area contributed by atoms with Gasteiger partial charge >= 0.3 is 0 Å². The number of sulfonamides is 1. The predicted molar refractivity (Wildman–Crippen MR) is 132 cm³/mol. The Balaban J connectivity index is 1.54. The monoisotopic (exact) mass is 532 g/mol. The van der Waals surface area contributed by atoms with Crippen LogP contribution >= 0.6 is 15.9 Å². The highest BCUT2D eigenvalue weighted by molar-refractivity contribution is 9.10. The summed E-state index contributed by atoms with van der Waals surface area (Å²) in [6.45, 7) is 0.836. The number of rotatable bonds is 10. The summed E-state index contributed by atoms with van der Waals surface area (Å²) in [4.78, 5) is 12.4. The van der Waals surface area contributed by atoms with Crippen molar-refractivity contribution in [3.05, 3.63) is 88.4 Å². The number of ether oxygens (including phenoxy) is 2. The molecular formula is C24H25BrN2O5S. The van der Waals surface area contributed by atoms with Crippen molar-refractivity contribution in [2.45, 2.75) is 6.54 Å². The van der Waals surface area contributed by atoms with Crippen molar-refractivity contribution in [2.75, 3.05) is 30.8 Å². The van der Waals surface area contributed by atoms with Gasteiger partial charge in [-0.2, -0.15) is 0 Å². The van der Waals surface area contributed by atoms with E-state index in [2.05, 4.69) is 21.2 Å². The molecular weight excluding hydrogens is 508 g/mol. The van der Waals surface area contributed by atoms with Crippen molar-refractivity contribution < 1.29 is 22.7 Å². The van der Waals surface area contributed by atoms with Crippen LogP contribution in [-0.2, 0) is 16.6 Å². The molecule has 33 heavy (non-hydrogen) atoms. The van der Waals surface area contributed by atoms with Crippen LogP contribution < -0.4 is 19.1 Å². The molecule has 1 amide bonds. The lowest BCUT2D eigenvalue weighted by Crippen LogP contribution is -2.29. The van der Waals surface area contributed by atoms with E-state index in [1.54, 1.807) is 79.9 Å². The van der Waals surface area contributed by atoms with Gasteiger partial charge in [-0.25, -0.2) is 8.42 Å². The quantitative estimate of drug-likeness (QED) is 0.395. The van der Waals surface area contributed by atoms with E-state index in [-0.39, 0.29) is 12.5 Å². The number of carbonyl (C=O) groups is 1. The highest BCUT2D eigenvalue weighted by Crippen LogP contribution is 2.23. The summed E-state index contributed by atoms with van der Waals surface area (Å²) in [5, 5.41) is 2.81. The molecule has 0 atom stereocenters. The molecule has 3 aromatic carbocycles. The van der Waals surface area contributed by atoms with Gasteiger partial charge in [0.2, 0.25) is 10.0 Å². The molecule has 0 spiro atoms. The first-order chi connectivity index (χ1) is 15.8. The topological polar surface area (TPSA) is 84.9 Å². The van der Waals surface area contributed by atoms with E-state index in [1.807, 2.05) is 0 Å². The van der Waals surface area contributed by atoms with E-state index in [1.165, 1.54) is 10.6 Å². The Labute approximate surface area is 202 Å². The number of hydrogen-bond donors (Lipinski definition) is 1. The second-order valence-corrected chi connectivity index (χ2v) is 10.0. The van der Waals surface area contributed by atoms with Gasteiger partial charge in [-0.1, -0.05) is 28.1 Å². The Hall–Kier alpha value is -3.04. The van der Waals surface area contributed by atoms with Crippen LogP contribution in [0, 0.1) is 0 Å². The molecule has 0 heterocycles. The summed E-state index contributed by atoms with van der Waals surface area (Å²) >= 11 is 3.35. The first-order valence-corrected chi connectivity index (χ1v) is 12.8. The van der Waals surface area contributed by atoms with E-state index in [9.17, 15) is 13.2 Å². The number of nitrogens with one attached hydrogen (secondary N) is 1. The fourth-order valence-corrected chi connectivity index (χ4v) is 4.19. The van der Waals surface area contributed by atoms with Crippen LogP contribution in [0.1, 0.15) is 15.9 Å². The molecule has 0 aliphatic rings. The molecule has 0 bridgehead atoms. The minimum atomic E-state index is -3.48. The number of carbonyl (C=O) groups excluding carboxylic acids is 1. The van der Waals surface area contributed by atoms with Gasteiger partial charge in [0.25, 0.3) is 5.91 Å². The molecule has 3 rings (SSSR count). The second-order valence-electron chi connectivity index (χ2n) is 7.22. The number of amides is 1. The summed E-state index contributed by atoms with van der Waals surface area (Å²) in [6.07, 6.45) is 1.17. The zero-order valence-electron chi connectivity index (χ0n) is 18.3. The maximum Gasteiger partial charge on any atom is 0.251 e. The lowest BCUT2D eigenvalue weighted by atomic mass is 10.1. The number of hydrogen-bond acceptors (Lipinski definition) is 5. The Morgan fingerprint density at radius 2 is 1.55 bits per heavy atom. The fraction of sp³-hybridized carbons (Fsp3) is 0.208. The smallest absolute Gasteiger partial charge is 0.251 e. The number of halogens is 1. The largest absolute Gasteiger partial charge is 0.497 e. The lowest BCUT2D eigenvalue weighted by Gasteiger charge is -2.22. The normalized spacial score (nSPS) is 11.0. The Kier molecular flexibility index (Phi) is 8.35. The van der Waals surface area contributed by atoms with Crippen LogP contribution in [0.3, 0.4) is 0 Å².